The Balaban J connectivity index is 2.24. The van der Waals surface area contributed by atoms with Crippen molar-refractivity contribution in [3.05, 3.63) is 23.4 Å². The highest BCUT2D eigenvalue weighted by atomic mass is 16.3. The van der Waals surface area contributed by atoms with E-state index in [0.29, 0.717) is 18.0 Å². The summed E-state index contributed by atoms with van der Waals surface area (Å²) in [5, 5.41) is 14.3. The number of nitrogens with one attached hydrogen (secondary N) is 1. The molecular weight excluding hydrogens is 236 g/mol. The van der Waals surface area contributed by atoms with Gasteiger partial charge in [-0.15, -0.1) is 0 Å². The Hall–Kier alpha value is -0.800. The number of allylic oxidation sites excluding steroid dienone is 2. The number of hydrogen-bond acceptors (Lipinski definition) is 3. The molecule has 0 aromatic rings. The number of rotatable bonds is 3. The van der Waals surface area contributed by atoms with E-state index >= 15 is 0 Å². The molecule has 2 rings (SSSR count). The first-order valence-electron chi connectivity index (χ1n) is 7.62. The van der Waals surface area contributed by atoms with E-state index in [0.717, 1.165) is 25.8 Å². The van der Waals surface area contributed by atoms with Crippen molar-refractivity contribution in [2.75, 3.05) is 6.54 Å². The van der Waals surface area contributed by atoms with Crippen LogP contribution in [-0.4, -0.2) is 34.9 Å². The van der Waals surface area contributed by atoms with Crippen molar-refractivity contribution in [3.8, 4) is 0 Å². The van der Waals surface area contributed by atoms with Crippen LogP contribution in [0.3, 0.4) is 0 Å². The van der Waals surface area contributed by atoms with Crippen molar-refractivity contribution in [1.29, 1.82) is 0 Å². The third kappa shape index (κ3) is 2.72. The molecule has 0 aromatic carbocycles. The van der Waals surface area contributed by atoms with Crippen LogP contribution in [0, 0.1) is 5.92 Å². The maximum atomic E-state index is 10.8. The average molecular weight is 264 g/mol. The van der Waals surface area contributed by atoms with Crippen LogP contribution < -0.4 is 5.32 Å². The van der Waals surface area contributed by atoms with Gasteiger partial charge in [0.1, 0.15) is 6.23 Å². The molecule has 0 spiro atoms. The van der Waals surface area contributed by atoms with Crippen molar-refractivity contribution in [1.82, 2.24) is 10.2 Å². The summed E-state index contributed by atoms with van der Waals surface area (Å²) in [6.45, 7) is 9.56. The number of hydrogen-bond donors (Lipinski definition) is 2. The minimum Gasteiger partial charge on any atom is -0.387 e. The lowest BCUT2D eigenvalue weighted by atomic mass is 9.99. The zero-order valence-corrected chi connectivity index (χ0v) is 12.7. The van der Waals surface area contributed by atoms with Crippen LogP contribution in [0.2, 0.25) is 0 Å². The van der Waals surface area contributed by atoms with E-state index < -0.39 is 6.23 Å². The Labute approximate surface area is 117 Å². The topological polar surface area (TPSA) is 35.5 Å². The fourth-order valence-corrected chi connectivity index (χ4v) is 3.63. The van der Waals surface area contributed by atoms with Gasteiger partial charge >= 0.3 is 0 Å². The summed E-state index contributed by atoms with van der Waals surface area (Å²) in [5.74, 6) is 0.563. The summed E-state index contributed by atoms with van der Waals surface area (Å²) >= 11 is 0. The summed E-state index contributed by atoms with van der Waals surface area (Å²) in [4.78, 5) is 2.32. The maximum absolute atomic E-state index is 10.8. The van der Waals surface area contributed by atoms with E-state index in [1.54, 1.807) is 0 Å². The molecule has 2 N–H and O–H groups in total. The molecule has 0 amide bonds. The molecule has 0 saturated carbocycles. The fraction of sp³-hybridized carbons (Fsp3) is 0.750. The third-order valence-corrected chi connectivity index (χ3v) is 4.69. The van der Waals surface area contributed by atoms with E-state index in [9.17, 15) is 5.11 Å². The molecule has 0 bridgehead atoms. The number of aliphatic hydroxyl groups is 1. The average Bonchev–Trinajstić information content (AvgIpc) is 2.64. The lowest BCUT2D eigenvalue weighted by Gasteiger charge is -2.32. The second kappa shape index (κ2) is 6.10. The molecule has 2 heterocycles. The molecule has 108 valence electrons. The largest absolute Gasteiger partial charge is 0.387 e. The van der Waals surface area contributed by atoms with Gasteiger partial charge in [0, 0.05) is 24.3 Å². The quantitative estimate of drug-likeness (QED) is 0.769. The Kier molecular flexibility index (Phi) is 4.69. The summed E-state index contributed by atoms with van der Waals surface area (Å²) in [6, 6.07) is 0.853. The summed E-state index contributed by atoms with van der Waals surface area (Å²) in [7, 11) is 0. The lowest BCUT2D eigenvalue weighted by molar-refractivity contribution is 0.0000709. The Morgan fingerprint density at radius 2 is 2.21 bits per heavy atom. The van der Waals surface area contributed by atoms with Crippen molar-refractivity contribution in [2.24, 2.45) is 5.92 Å². The molecule has 0 aliphatic carbocycles. The molecule has 2 aliphatic rings. The summed E-state index contributed by atoms with van der Waals surface area (Å²) in [5.41, 5.74) is 2.36. The molecule has 19 heavy (non-hydrogen) atoms. The lowest BCUT2D eigenvalue weighted by Crippen LogP contribution is -2.45. The summed E-state index contributed by atoms with van der Waals surface area (Å²) < 4.78 is 0. The molecule has 2 aliphatic heterocycles. The second-order valence-electron chi connectivity index (χ2n) is 5.92. The van der Waals surface area contributed by atoms with Crippen LogP contribution in [-0.2, 0) is 0 Å². The standard InChI is InChI=1S/C16H28N2O/c1-5-7-13-9-14-10-17-11(3)15(8-6-2)16(19)18(14)12(13)4/h5,7,12-14,16-17,19H,6,8-10H2,1-4H3/b7-5-/t12?,13?,14-,16?/m0/s1. The van der Waals surface area contributed by atoms with Gasteiger partial charge in [0.05, 0.1) is 0 Å². The van der Waals surface area contributed by atoms with E-state index in [1.165, 1.54) is 11.3 Å². The molecule has 3 unspecified atom stereocenters. The monoisotopic (exact) mass is 264 g/mol. The zero-order valence-electron chi connectivity index (χ0n) is 12.7. The van der Waals surface area contributed by atoms with Gasteiger partial charge in [-0.25, -0.2) is 0 Å². The summed E-state index contributed by atoms with van der Waals surface area (Å²) in [6.07, 6.45) is 7.22. The van der Waals surface area contributed by atoms with Crippen molar-refractivity contribution in [3.63, 3.8) is 0 Å². The molecule has 1 saturated heterocycles. The van der Waals surface area contributed by atoms with Gasteiger partial charge in [-0.2, -0.15) is 0 Å². The van der Waals surface area contributed by atoms with Crippen molar-refractivity contribution >= 4 is 0 Å². The van der Waals surface area contributed by atoms with E-state index in [4.69, 9.17) is 0 Å². The van der Waals surface area contributed by atoms with Crippen molar-refractivity contribution in [2.45, 2.75) is 65.3 Å². The second-order valence-corrected chi connectivity index (χ2v) is 5.92. The minimum atomic E-state index is -0.412. The highest BCUT2D eigenvalue weighted by molar-refractivity contribution is 5.20. The Morgan fingerprint density at radius 3 is 2.84 bits per heavy atom. The normalized spacial score (nSPS) is 36.5. The van der Waals surface area contributed by atoms with Crippen LogP contribution in [0.1, 0.15) is 47.0 Å². The highest BCUT2D eigenvalue weighted by Gasteiger charge is 2.42. The Bertz CT molecular complexity index is 375. The first-order valence-corrected chi connectivity index (χ1v) is 7.62. The molecule has 3 nitrogen and oxygen atoms in total. The third-order valence-electron chi connectivity index (χ3n) is 4.69. The first kappa shape index (κ1) is 14.6. The van der Waals surface area contributed by atoms with Gasteiger partial charge in [0.15, 0.2) is 0 Å². The van der Waals surface area contributed by atoms with Crippen LogP contribution >= 0.6 is 0 Å². The predicted molar refractivity (Wildman–Crippen MR) is 79.6 cm³/mol. The van der Waals surface area contributed by atoms with E-state index in [1.807, 2.05) is 0 Å². The van der Waals surface area contributed by atoms with Crippen LogP contribution in [0.4, 0.5) is 0 Å². The van der Waals surface area contributed by atoms with E-state index in [-0.39, 0.29) is 0 Å². The van der Waals surface area contributed by atoms with Crippen molar-refractivity contribution < 1.29 is 5.11 Å². The fourth-order valence-electron chi connectivity index (χ4n) is 3.63. The number of nitrogens with zero attached hydrogens (tertiary/aromatic N) is 1. The molecule has 0 radical (unpaired) electrons. The van der Waals surface area contributed by atoms with Gasteiger partial charge in [0.25, 0.3) is 0 Å². The first-order chi connectivity index (χ1) is 9.10. The highest BCUT2D eigenvalue weighted by Crippen LogP contribution is 2.36. The van der Waals surface area contributed by atoms with Gasteiger partial charge in [0.2, 0.25) is 0 Å². The molecule has 4 atom stereocenters. The van der Waals surface area contributed by atoms with Gasteiger partial charge in [-0.1, -0.05) is 25.5 Å². The zero-order chi connectivity index (χ0) is 14.0. The van der Waals surface area contributed by atoms with Crippen LogP contribution in [0.15, 0.2) is 23.4 Å². The van der Waals surface area contributed by atoms with Crippen LogP contribution in [0.5, 0.6) is 0 Å². The minimum absolute atomic E-state index is 0.412. The van der Waals surface area contributed by atoms with E-state index in [2.05, 4.69) is 50.1 Å². The predicted octanol–water partition coefficient (Wildman–Crippen LogP) is 2.64. The van der Waals surface area contributed by atoms with Gasteiger partial charge in [-0.3, -0.25) is 4.90 Å². The molecule has 3 heteroatoms. The number of fused-ring (bicyclic) bond motifs is 1. The molecule has 1 fully saturated rings. The Morgan fingerprint density at radius 1 is 1.47 bits per heavy atom. The van der Waals surface area contributed by atoms with Gasteiger partial charge in [-0.05, 0) is 45.1 Å². The SMILES string of the molecule is C/C=C\C1C[C@H]2CNC(C)=C(CCC)C(O)N2C1C. The van der Waals surface area contributed by atoms with Crippen LogP contribution in [0.25, 0.3) is 0 Å². The maximum Gasteiger partial charge on any atom is 0.132 e. The van der Waals surface area contributed by atoms with Gasteiger partial charge < -0.3 is 10.4 Å². The molecular formula is C16H28N2O. The molecule has 0 aromatic heterocycles. The smallest absolute Gasteiger partial charge is 0.132 e. The number of aliphatic hydroxyl groups excluding tert-OH is 1.